The molecule has 0 radical (unpaired) electrons. The van der Waals surface area contributed by atoms with Crippen molar-refractivity contribution in [2.45, 2.75) is 13.0 Å². The van der Waals surface area contributed by atoms with E-state index in [0.29, 0.717) is 13.0 Å². The lowest BCUT2D eigenvalue weighted by atomic mass is 10.1. The summed E-state index contributed by atoms with van der Waals surface area (Å²) in [7, 11) is 1.61. The molecule has 0 aliphatic carbocycles. The summed E-state index contributed by atoms with van der Waals surface area (Å²) >= 11 is 0. The van der Waals surface area contributed by atoms with Gasteiger partial charge < -0.3 is 4.90 Å². The molecule has 0 bridgehead atoms. The molecule has 21 heavy (non-hydrogen) atoms. The lowest BCUT2D eigenvalue weighted by molar-refractivity contribution is 0.213. The van der Waals surface area contributed by atoms with E-state index in [1.807, 2.05) is 0 Å². The predicted octanol–water partition coefficient (Wildman–Crippen LogP) is 2.30. The lowest BCUT2D eigenvalue weighted by Gasteiger charge is -2.25. The molecule has 0 atom stereocenters. The molecule has 1 aromatic heterocycles. The SMILES string of the molecule is CN(Cc1ccn[nH]1)C(=O)N1CCc2c(F)ccc(F)c21. The van der Waals surface area contributed by atoms with Gasteiger partial charge in [-0.3, -0.25) is 10.00 Å². The molecule has 2 heterocycles. The number of anilines is 1. The van der Waals surface area contributed by atoms with Crippen LogP contribution in [0, 0.1) is 11.6 Å². The number of urea groups is 1. The second-order valence-corrected chi connectivity index (χ2v) is 4.98. The van der Waals surface area contributed by atoms with Crippen molar-refractivity contribution in [1.29, 1.82) is 0 Å². The van der Waals surface area contributed by atoms with E-state index in [2.05, 4.69) is 10.2 Å². The van der Waals surface area contributed by atoms with Crippen LogP contribution < -0.4 is 4.90 Å². The van der Waals surface area contributed by atoms with Gasteiger partial charge in [-0.15, -0.1) is 0 Å². The fourth-order valence-corrected chi connectivity index (χ4v) is 2.54. The molecule has 1 aliphatic rings. The van der Waals surface area contributed by atoms with Crippen LogP contribution in [0.3, 0.4) is 0 Å². The number of fused-ring (bicyclic) bond motifs is 1. The number of amides is 2. The molecule has 2 aromatic rings. The maximum Gasteiger partial charge on any atom is 0.324 e. The summed E-state index contributed by atoms with van der Waals surface area (Å²) in [5.74, 6) is -1.05. The molecular formula is C14H14F2N4O. The second kappa shape index (κ2) is 5.16. The minimum atomic E-state index is -0.577. The van der Waals surface area contributed by atoms with Crippen molar-refractivity contribution in [1.82, 2.24) is 15.1 Å². The average molecular weight is 292 g/mol. The summed E-state index contributed by atoms with van der Waals surface area (Å²) in [5.41, 5.74) is 1.08. The van der Waals surface area contributed by atoms with E-state index in [-0.39, 0.29) is 23.8 Å². The summed E-state index contributed by atoms with van der Waals surface area (Å²) in [5, 5.41) is 6.56. The topological polar surface area (TPSA) is 52.2 Å². The molecule has 0 spiro atoms. The van der Waals surface area contributed by atoms with Crippen LogP contribution in [0.2, 0.25) is 0 Å². The van der Waals surface area contributed by atoms with Gasteiger partial charge in [0.25, 0.3) is 0 Å². The van der Waals surface area contributed by atoms with Gasteiger partial charge in [0.2, 0.25) is 0 Å². The van der Waals surface area contributed by atoms with Crippen molar-refractivity contribution in [3.05, 3.63) is 47.3 Å². The highest BCUT2D eigenvalue weighted by Crippen LogP contribution is 2.33. The van der Waals surface area contributed by atoms with E-state index < -0.39 is 11.6 Å². The number of halogens is 2. The number of aromatic nitrogens is 2. The van der Waals surface area contributed by atoms with Crippen LogP contribution in [0.25, 0.3) is 0 Å². The summed E-state index contributed by atoms with van der Waals surface area (Å²) in [4.78, 5) is 15.1. The van der Waals surface area contributed by atoms with Crippen molar-refractivity contribution in [3.8, 4) is 0 Å². The predicted molar refractivity (Wildman–Crippen MR) is 72.9 cm³/mol. The Kier molecular flexibility index (Phi) is 3.32. The molecule has 110 valence electrons. The Hall–Kier alpha value is -2.44. The van der Waals surface area contributed by atoms with Gasteiger partial charge in [-0.05, 0) is 24.6 Å². The number of carbonyl (C=O) groups is 1. The van der Waals surface area contributed by atoms with Crippen LogP contribution >= 0.6 is 0 Å². The number of nitrogens with one attached hydrogen (secondary N) is 1. The van der Waals surface area contributed by atoms with Crippen LogP contribution in [-0.2, 0) is 13.0 Å². The molecule has 5 nitrogen and oxygen atoms in total. The maximum absolute atomic E-state index is 13.9. The Morgan fingerprint density at radius 3 is 2.86 bits per heavy atom. The van der Waals surface area contributed by atoms with Crippen molar-refractivity contribution in [2.24, 2.45) is 0 Å². The average Bonchev–Trinajstić information content (AvgIpc) is 3.11. The van der Waals surface area contributed by atoms with Crippen LogP contribution in [0.15, 0.2) is 24.4 Å². The van der Waals surface area contributed by atoms with E-state index in [0.717, 1.165) is 17.8 Å². The Bertz CT molecular complexity index is 672. The van der Waals surface area contributed by atoms with E-state index in [1.165, 1.54) is 9.80 Å². The summed E-state index contributed by atoms with van der Waals surface area (Å²) in [6.07, 6.45) is 1.91. The number of H-pyrrole nitrogens is 1. The van der Waals surface area contributed by atoms with Crippen molar-refractivity contribution >= 4 is 11.7 Å². The number of hydrogen-bond donors (Lipinski definition) is 1. The minimum Gasteiger partial charge on any atom is -0.322 e. The molecule has 3 rings (SSSR count). The first-order chi connectivity index (χ1) is 10.1. The molecule has 7 heteroatoms. The van der Waals surface area contributed by atoms with Crippen LogP contribution in [0.1, 0.15) is 11.3 Å². The summed E-state index contributed by atoms with van der Waals surface area (Å²) in [6.45, 7) is 0.598. The van der Waals surface area contributed by atoms with Gasteiger partial charge in [0, 0.05) is 25.4 Å². The molecule has 1 aromatic carbocycles. The first-order valence-electron chi connectivity index (χ1n) is 6.55. The van der Waals surface area contributed by atoms with E-state index >= 15 is 0 Å². The summed E-state index contributed by atoms with van der Waals surface area (Å²) in [6, 6.07) is 3.53. The van der Waals surface area contributed by atoms with Crippen molar-refractivity contribution < 1.29 is 13.6 Å². The highest BCUT2D eigenvalue weighted by Gasteiger charge is 2.31. The van der Waals surface area contributed by atoms with Crippen LogP contribution in [0.5, 0.6) is 0 Å². The largest absolute Gasteiger partial charge is 0.324 e. The number of hydrogen-bond acceptors (Lipinski definition) is 2. The monoisotopic (exact) mass is 292 g/mol. The molecule has 0 saturated heterocycles. The van der Waals surface area contributed by atoms with E-state index in [1.54, 1.807) is 19.3 Å². The minimum absolute atomic E-state index is 0.0523. The summed E-state index contributed by atoms with van der Waals surface area (Å²) < 4.78 is 27.6. The van der Waals surface area contributed by atoms with Gasteiger partial charge >= 0.3 is 6.03 Å². The zero-order chi connectivity index (χ0) is 15.0. The third kappa shape index (κ3) is 2.35. The van der Waals surface area contributed by atoms with Crippen molar-refractivity contribution in [3.63, 3.8) is 0 Å². The third-order valence-electron chi connectivity index (χ3n) is 3.56. The van der Waals surface area contributed by atoms with Gasteiger partial charge in [0.1, 0.15) is 11.6 Å². The Morgan fingerprint density at radius 2 is 2.14 bits per heavy atom. The van der Waals surface area contributed by atoms with Gasteiger partial charge in [0.15, 0.2) is 0 Å². The number of aromatic amines is 1. The number of benzene rings is 1. The number of nitrogens with zero attached hydrogens (tertiary/aromatic N) is 3. The molecule has 0 saturated carbocycles. The van der Waals surface area contributed by atoms with E-state index in [9.17, 15) is 13.6 Å². The smallest absolute Gasteiger partial charge is 0.322 e. The lowest BCUT2D eigenvalue weighted by Crippen LogP contribution is -2.40. The Labute approximate surface area is 120 Å². The molecule has 0 fully saturated rings. The molecule has 1 aliphatic heterocycles. The zero-order valence-corrected chi connectivity index (χ0v) is 11.4. The highest BCUT2D eigenvalue weighted by atomic mass is 19.1. The Morgan fingerprint density at radius 1 is 1.38 bits per heavy atom. The second-order valence-electron chi connectivity index (χ2n) is 4.98. The maximum atomic E-state index is 13.9. The number of rotatable bonds is 2. The first kappa shape index (κ1) is 13.5. The Balaban J connectivity index is 1.83. The standard InChI is InChI=1S/C14H14F2N4O/c1-19(8-9-4-6-17-18-9)14(21)20-7-5-10-11(15)2-3-12(16)13(10)20/h2-4,6H,5,7-8H2,1H3,(H,17,18). The van der Waals surface area contributed by atoms with Gasteiger partial charge in [-0.25, -0.2) is 13.6 Å². The zero-order valence-electron chi connectivity index (χ0n) is 11.4. The van der Waals surface area contributed by atoms with Crippen LogP contribution in [0.4, 0.5) is 19.3 Å². The molecule has 1 N–H and O–H groups in total. The number of carbonyl (C=O) groups excluding carboxylic acids is 1. The molecule has 2 amide bonds. The fourth-order valence-electron chi connectivity index (χ4n) is 2.54. The highest BCUT2D eigenvalue weighted by molar-refractivity contribution is 5.94. The quantitative estimate of drug-likeness (QED) is 0.923. The first-order valence-corrected chi connectivity index (χ1v) is 6.55. The van der Waals surface area contributed by atoms with Gasteiger partial charge in [-0.1, -0.05) is 0 Å². The van der Waals surface area contributed by atoms with Gasteiger partial charge in [0.05, 0.1) is 17.9 Å². The fraction of sp³-hybridized carbons (Fsp3) is 0.286. The molecule has 0 unspecified atom stereocenters. The molecular weight excluding hydrogens is 278 g/mol. The van der Waals surface area contributed by atoms with Crippen molar-refractivity contribution in [2.75, 3.05) is 18.5 Å². The van der Waals surface area contributed by atoms with Gasteiger partial charge in [-0.2, -0.15) is 5.10 Å². The third-order valence-corrected chi connectivity index (χ3v) is 3.56. The van der Waals surface area contributed by atoms with Crippen LogP contribution in [-0.4, -0.2) is 34.7 Å². The normalized spacial score (nSPS) is 13.4. The van der Waals surface area contributed by atoms with E-state index in [4.69, 9.17) is 0 Å².